The Hall–Kier alpha value is -2.51. The lowest BCUT2D eigenvalue weighted by molar-refractivity contribution is -0.164. The number of pyridine rings is 1. The van der Waals surface area contributed by atoms with Crippen molar-refractivity contribution in [2.75, 3.05) is 6.61 Å². The average molecular weight is 475 g/mol. The summed E-state index contributed by atoms with van der Waals surface area (Å²) in [5, 5.41) is 12.9. The van der Waals surface area contributed by atoms with E-state index in [0.29, 0.717) is 25.0 Å². The fourth-order valence-corrected chi connectivity index (χ4v) is 5.15. The number of aliphatic hydroxyl groups is 1. The van der Waals surface area contributed by atoms with E-state index < -0.39 is 11.4 Å². The van der Waals surface area contributed by atoms with Gasteiger partial charge < -0.3 is 15.2 Å². The van der Waals surface area contributed by atoms with Gasteiger partial charge in [-0.25, -0.2) is 4.39 Å². The van der Waals surface area contributed by atoms with Crippen molar-refractivity contribution in [3.63, 3.8) is 0 Å². The lowest BCUT2D eigenvalue weighted by Crippen LogP contribution is -2.75. The predicted molar refractivity (Wildman–Crippen MR) is 122 cm³/mol. The maximum atomic E-state index is 13.5. The van der Waals surface area contributed by atoms with Crippen LogP contribution < -0.4 is 10.1 Å². The number of aryl methyl sites for hydroxylation is 1. The summed E-state index contributed by atoms with van der Waals surface area (Å²) in [5.74, 6) is -0.624. The third kappa shape index (κ3) is 5.53. The second-order valence-electron chi connectivity index (χ2n) is 10.2. The second kappa shape index (κ2) is 8.69. The van der Waals surface area contributed by atoms with Gasteiger partial charge in [0.2, 0.25) is 0 Å². The zero-order chi connectivity index (χ0) is 23.9. The van der Waals surface area contributed by atoms with Crippen molar-refractivity contribution in [1.29, 1.82) is 0 Å². The fraction of sp³-hybridized carbons (Fsp3) is 0.480. The molecule has 6 nitrogen and oxygen atoms in total. The summed E-state index contributed by atoms with van der Waals surface area (Å²) in [4.78, 5) is 29.3. The van der Waals surface area contributed by atoms with Gasteiger partial charge in [-0.1, -0.05) is 11.6 Å². The standard InChI is InChI=1S/C25H28ClFN2O4/c1-23(2,32)7-5-16-6-8-28-20(9-16)21(30)11-24-13-25(14-24,15-24)29-22(31)12-33-17-3-4-18(26)19(27)10-17/h3-4,6,8-10,32H,5,7,11-15H2,1-2H3,(H,29,31). The average Bonchev–Trinajstić information content (AvgIpc) is 2.70. The van der Waals surface area contributed by atoms with Crippen LogP contribution in [-0.4, -0.2) is 39.5 Å². The van der Waals surface area contributed by atoms with E-state index in [4.69, 9.17) is 16.3 Å². The monoisotopic (exact) mass is 474 g/mol. The number of hydrogen-bond donors (Lipinski definition) is 2. The van der Waals surface area contributed by atoms with Crippen LogP contribution >= 0.6 is 11.6 Å². The molecule has 0 unspecified atom stereocenters. The van der Waals surface area contributed by atoms with Crippen LogP contribution in [0.5, 0.6) is 5.75 Å². The van der Waals surface area contributed by atoms with Crippen LogP contribution in [0.4, 0.5) is 4.39 Å². The first kappa shape index (κ1) is 23.6. The number of rotatable bonds is 10. The fourth-order valence-electron chi connectivity index (χ4n) is 5.03. The van der Waals surface area contributed by atoms with Gasteiger partial charge in [-0.3, -0.25) is 14.6 Å². The summed E-state index contributed by atoms with van der Waals surface area (Å²) in [6, 6.07) is 7.71. The molecular weight excluding hydrogens is 447 g/mol. The summed E-state index contributed by atoms with van der Waals surface area (Å²) in [6.45, 7) is 3.32. The molecule has 3 saturated carbocycles. The molecule has 33 heavy (non-hydrogen) atoms. The van der Waals surface area contributed by atoms with Crippen LogP contribution in [-0.2, 0) is 11.2 Å². The first-order chi connectivity index (χ1) is 15.5. The molecule has 3 aliphatic rings. The molecule has 1 aromatic carbocycles. The highest BCUT2D eigenvalue weighted by molar-refractivity contribution is 6.30. The maximum absolute atomic E-state index is 13.5. The Labute approximate surface area is 197 Å². The molecule has 8 heteroatoms. The highest BCUT2D eigenvalue weighted by atomic mass is 35.5. The number of ether oxygens (including phenoxy) is 1. The highest BCUT2D eigenvalue weighted by Gasteiger charge is 2.68. The first-order valence-corrected chi connectivity index (χ1v) is 11.4. The summed E-state index contributed by atoms with van der Waals surface area (Å²) in [7, 11) is 0. The van der Waals surface area contributed by atoms with Gasteiger partial charge in [-0.2, -0.15) is 0 Å². The molecule has 3 aliphatic carbocycles. The summed E-state index contributed by atoms with van der Waals surface area (Å²) >= 11 is 5.64. The van der Waals surface area contributed by atoms with Gasteiger partial charge in [0.15, 0.2) is 12.4 Å². The van der Waals surface area contributed by atoms with Gasteiger partial charge in [-0.05, 0) is 81.2 Å². The zero-order valence-electron chi connectivity index (χ0n) is 18.8. The van der Waals surface area contributed by atoms with Crippen LogP contribution in [0.1, 0.15) is 62.0 Å². The molecule has 0 radical (unpaired) electrons. The molecule has 1 aromatic heterocycles. The third-order valence-electron chi connectivity index (χ3n) is 6.48. The van der Waals surface area contributed by atoms with E-state index in [-0.39, 0.29) is 40.0 Å². The number of carbonyl (C=O) groups excluding carboxylic acids is 2. The van der Waals surface area contributed by atoms with Gasteiger partial charge in [0, 0.05) is 24.2 Å². The van der Waals surface area contributed by atoms with Gasteiger partial charge in [0.1, 0.15) is 17.3 Å². The quantitative estimate of drug-likeness (QED) is 0.502. The third-order valence-corrected chi connectivity index (χ3v) is 6.78. The van der Waals surface area contributed by atoms with Crippen LogP contribution in [0, 0.1) is 11.2 Å². The Morgan fingerprint density at radius 2 is 1.97 bits per heavy atom. The molecule has 0 aliphatic heterocycles. The molecule has 0 spiro atoms. The molecule has 2 aromatic rings. The van der Waals surface area contributed by atoms with Crippen LogP contribution in [0.15, 0.2) is 36.5 Å². The molecule has 0 atom stereocenters. The van der Waals surface area contributed by atoms with Gasteiger partial charge in [0.05, 0.1) is 10.6 Å². The molecule has 5 rings (SSSR count). The largest absolute Gasteiger partial charge is 0.484 e. The van der Waals surface area contributed by atoms with E-state index in [1.807, 2.05) is 12.1 Å². The van der Waals surface area contributed by atoms with E-state index in [1.165, 1.54) is 12.1 Å². The molecule has 3 fully saturated rings. The number of aromatic nitrogens is 1. The van der Waals surface area contributed by atoms with Crippen molar-refractivity contribution in [2.45, 2.75) is 63.5 Å². The second-order valence-corrected chi connectivity index (χ2v) is 10.6. The van der Waals surface area contributed by atoms with Crippen molar-refractivity contribution >= 4 is 23.3 Å². The number of nitrogens with zero attached hydrogens (tertiary/aromatic N) is 1. The molecule has 176 valence electrons. The molecule has 0 saturated heterocycles. The van der Waals surface area contributed by atoms with Crippen molar-refractivity contribution in [3.8, 4) is 5.75 Å². The molecular formula is C25H28ClFN2O4. The summed E-state index contributed by atoms with van der Waals surface area (Å²) in [6.07, 6.45) is 5.60. The van der Waals surface area contributed by atoms with Gasteiger partial charge in [-0.15, -0.1) is 0 Å². The lowest BCUT2D eigenvalue weighted by Gasteiger charge is -2.70. The number of nitrogens with one attached hydrogen (secondary N) is 1. The number of carbonyl (C=O) groups is 2. The Morgan fingerprint density at radius 3 is 2.64 bits per heavy atom. The first-order valence-electron chi connectivity index (χ1n) is 11.1. The Morgan fingerprint density at radius 1 is 1.24 bits per heavy atom. The minimum absolute atomic E-state index is 0.00320. The normalized spacial score (nSPS) is 23.3. The minimum atomic E-state index is -0.756. The minimum Gasteiger partial charge on any atom is -0.484 e. The van der Waals surface area contributed by atoms with Crippen molar-refractivity contribution in [2.24, 2.45) is 5.41 Å². The van der Waals surface area contributed by atoms with E-state index in [2.05, 4.69) is 10.3 Å². The van der Waals surface area contributed by atoms with Crippen molar-refractivity contribution in [3.05, 3.63) is 58.6 Å². The summed E-state index contributed by atoms with van der Waals surface area (Å²) in [5.41, 5.74) is 0.337. The van der Waals surface area contributed by atoms with Crippen molar-refractivity contribution in [1.82, 2.24) is 10.3 Å². The maximum Gasteiger partial charge on any atom is 0.258 e. The Bertz CT molecular complexity index is 1060. The van der Waals surface area contributed by atoms with Crippen LogP contribution in [0.2, 0.25) is 5.02 Å². The topological polar surface area (TPSA) is 88.5 Å². The SMILES string of the molecule is CC(C)(O)CCc1ccnc(C(=O)CC23CC(NC(=O)COc4ccc(Cl)c(F)c4)(C2)C3)c1. The van der Waals surface area contributed by atoms with Crippen LogP contribution in [0.25, 0.3) is 0 Å². The number of amides is 1. The zero-order valence-corrected chi connectivity index (χ0v) is 19.5. The van der Waals surface area contributed by atoms with Gasteiger partial charge in [0.25, 0.3) is 5.91 Å². The smallest absolute Gasteiger partial charge is 0.258 e. The number of ketones is 1. The van der Waals surface area contributed by atoms with E-state index in [1.54, 1.807) is 20.0 Å². The molecule has 2 bridgehead atoms. The summed E-state index contributed by atoms with van der Waals surface area (Å²) < 4.78 is 18.8. The van der Waals surface area contributed by atoms with E-state index in [9.17, 15) is 19.1 Å². The molecule has 2 N–H and O–H groups in total. The van der Waals surface area contributed by atoms with Crippen molar-refractivity contribution < 1.29 is 23.8 Å². The predicted octanol–water partition coefficient (Wildman–Crippen LogP) is 4.27. The number of Topliss-reactive ketones (excluding diaryl/α,β-unsaturated/α-hetero) is 1. The highest BCUT2D eigenvalue weighted by Crippen LogP contribution is 2.69. The molecule has 1 heterocycles. The van der Waals surface area contributed by atoms with Gasteiger partial charge >= 0.3 is 0 Å². The number of halogens is 2. The molecule has 1 amide bonds. The number of hydrogen-bond acceptors (Lipinski definition) is 5. The number of benzene rings is 1. The lowest BCUT2D eigenvalue weighted by atomic mass is 9.38. The van der Waals surface area contributed by atoms with E-state index >= 15 is 0 Å². The van der Waals surface area contributed by atoms with Crippen LogP contribution in [0.3, 0.4) is 0 Å². The van der Waals surface area contributed by atoms with E-state index in [0.717, 1.165) is 30.9 Å². The Kier molecular flexibility index (Phi) is 6.22. The Balaban J connectivity index is 1.23.